The number of hydrogen-bond donors (Lipinski definition) is 0. The van der Waals surface area contributed by atoms with E-state index in [2.05, 4.69) is 20.7 Å². The quantitative estimate of drug-likeness (QED) is 0.326. The molecule has 0 aromatic carbocycles. The third-order valence-electron chi connectivity index (χ3n) is 0.467. The van der Waals surface area contributed by atoms with Crippen molar-refractivity contribution in [2.24, 2.45) is 0 Å². The molecule has 0 unspecified atom stereocenters. The Kier molecular flexibility index (Phi) is 7.80. The summed E-state index contributed by atoms with van der Waals surface area (Å²) in [5, 5.41) is 10.2. The Morgan fingerprint density at radius 3 is 2.00 bits per heavy atom. The molecule has 0 atom stereocenters. The van der Waals surface area contributed by atoms with Crippen LogP contribution < -0.4 is 24.0 Å². The van der Waals surface area contributed by atoms with E-state index in [1.54, 1.807) is 6.92 Å². The van der Waals surface area contributed by atoms with Gasteiger partial charge in [0.15, 0.2) is 0 Å². The first-order valence-corrected chi connectivity index (χ1v) is 2.55. The van der Waals surface area contributed by atoms with E-state index >= 15 is 0 Å². The Bertz CT molecular complexity index is 88.0. The minimum absolute atomic E-state index is 0. The summed E-state index contributed by atoms with van der Waals surface area (Å²) in [6.45, 7) is 1.63. The summed E-state index contributed by atoms with van der Waals surface area (Å²) in [5.41, 5.74) is 0. The predicted octanol–water partition coefficient (Wildman–Crippen LogP) is -2.42. The summed E-state index contributed by atoms with van der Waals surface area (Å²) < 4.78 is 4.78. The van der Waals surface area contributed by atoms with Crippen molar-refractivity contribution in [2.45, 2.75) is 6.92 Å². The zero-order valence-electron chi connectivity index (χ0n) is 5.19. The Balaban J connectivity index is 0. The molecule has 0 bridgehead atoms. The minimum atomic E-state index is -0.319. The van der Waals surface area contributed by atoms with Crippen molar-refractivity contribution in [1.29, 1.82) is 0 Å². The number of ether oxygens (including phenoxy) is 1. The molecule has 0 radical (unpaired) electrons. The topological polar surface area (TPSA) is 32.3 Å². The molecule has 0 spiro atoms. The third-order valence-corrected chi connectivity index (χ3v) is 0.790. The summed E-state index contributed by atoms with van der Waals surface area (Å²) in [4.78, 5) is 0. The van der Waals surface area contributed by atoms with Crippen LogP contribution in [0.1, 0.15) is 6.92 Å². The molecule has 2 nitrogen and oxygen atoms in total. The summed E-state index contributed by atoms with van der Waals surface area (Å²) in [6.07, 6.45) is 0. The Hall–Kier alpha value is 0.417. The molecule has 0 aliphatic rings. The van der Waals surface area contributed by atoms with Crippen molar-refractivity contribution in [3.8, 4) is 0 Å². The van der Waals surface area contributed by atoms with Crippen LogP contribution in [0.15, 0.2) is 10.4 Å². The smallest absolute Gasteiger partial charge is 0.616 e. The average molecular weight is 173 g/mol. The Morgan fingerprint density at radius 1 is 1.62 bits per heavy atom. The molecule has 8 heavy (non-hydrogen) atoms. The summed E-state index contributed by atoms with van der Waals surface area (Å²) in [6, 6.07) is 0. The number of hydrogen-bond acceptors (Lipinski definition) is 2. The van der Waals surface area contributed by atoms with Gasteiger partial charge in [-0.2, -0.15) is 0 Å². The van der Waals surface area contributed by atoms with Crippen LogP contribution in [0.2, 0.25) is 0 Å². The maximum absolute atomic E-state index is 10.2. The summed E-state index contributed by atoms with van der Waals surface area (Å²) >= 11 is 2.94. The monoisotopic (exact) mass is 172 g/mol. The van der Waals surface area contributed by atoms with Gasteiger partial charge in [0, 0.05) is 4.48 Å². The van der Waals surface area contributed by atoms with Crippen molar-refractivity contribution < 1.29 is 28.7 Å². The standard InChI is InChI=1S/C4H7BrO2.Li/c1-3(5)4(6)7-2;/h6H,1-2H3;/q;+1/p-1/b4-3+;. The minimum Gasteiger partial charge on any atom is -0.616 e. The average Bonchev–Trinajstić information content (AvgIpc) is 1.65. The maximum Gasteiger partial charge on any atom is 1.00 e. The first kappa shape index (κ1) is 11.2. The van der Waals surface area contributed by atoms with Crippen LogP contribution in [0.4, 0.5) is 0 Å². The van der Waals surface area contributed by atoms with Crippen molar-refractivity contribution >= 4 is 15.9 Å². The van der Waals surface area contributed by atoms with Gasteiger partial charge in [0.05, 0.1) is 5.95 Å². The Morgan fingerprint density at radius 2 is 2.00 bits per heavy atom. The molecule has 0 aliphatic carbocycles. The van der Waals surface area contributed by atoms with Gasteiger partial charge < -0.3 is 9.84 Å². The fourth-order valence-corrected chi connectivity index (χ4v) is 0.303. The normalized spacial score (nSPS) is 11.4. The van der Waals surface area contributed by atoms with Gasteiger partial charge in [-0.05, 0) is 14.0 Å². The third kappa shape index (κ3) is 4.57. The van der Waals surface area contributed by atoms with Gasteiger partial charge in [-0.15, -0.1) is 0 Å². The van der Waals surface area contributed by atoms with Crippen molar-refractivity contribution in [3.63, 3.8) is 0 Å². The second kappa shape index (κ2) is 5.55. The number of methoxy groups -OCH3 is 1. The number of rotatable bonds is 1. The van der Waals surface area contributed by atoms with Gasteiger partial charge in [-0.3, -0.25) is 0 Å². The van der Waals surface area contributed by atoms with Gasteiger partial charge in [0.25, 0.3) is 0 Å². The molecule has 0 aromatic heterocycles. The molecule has 0 saturated heterocycles. The van der Waals surface area contributed by atoms with Gasteiger partial charge >= 0.3 is 18.9 Å². The molecule has 0 aliphatic heterocycles. The van der Waals surface area contributed by atoms with Crippen LogP contribution in [0.3, 0.4) is 0 Å². The van der Waals surface area contributed by atoms with Crippen molar-refractivity contribution in [1.82, 2.24) is 0 Å². The SMILES string of the molecule is CO/C([O-])=C(\C)Br.[Li+]. The van der Waals surface area contributed by atoms with Crippen LogP contribution in [-0.2, 0) is 4.74 Å². The molecule has 0 N–H and O–H groups in total. The van der Waals surface area contributed by atoms with Gasteiger partial charge in [-0.1, -0.05) is 15.9 Å². The van der Waals surface area contributed by atoms with Crippen molar-refractivity contribution in [2.75, 3.05) is 7.11 Å². The van der Waals surface area contributed by atoms with E-state index in [1.165, 1.54) is 7.11 Å². The van der Waals surface area contributed by atoms with E-state index in [9.17, 15) is 5.11 Å². The van der Waals surface area contributed by atoms with Crippen LogP contribution in [-0.4, -0.2) is 7.11 Å². The molecule has 0 rings (SSSR count). The predicted molar refractivity (Wildman–Crippen MR) is 28.6 cm³/mol. The first-order chi connectivity index (χ1) is 3.18. The van der Waals surface area contributed by atoms with E-state index in [0.29, 0.717) is 4.48 Å². The second-order valence-electron chi connectivity index (χ2n) is 1.03. The van der Waals surface area contributed by atoms with Crippen LogP contribution in [0, 0.1) is 0 Å². The number of allylic oxidation sites excluding steroid dienone is 1. The molecule has 0 aromatic rings. The molecule has 42 valence electrons. The summed E-state index contributed by atoms with van der Waals surface area (Å²) in [5.74, 6) is -0.319. The zero-order valence-corrected chi connectivity index (χ0v) is 6.78. The molecule has 4 heteroatoms. The Labute approximate surface area is 69.2 Å². The largest absolute Gasteiger partial charge is 1.00 e. The van der Waals surface area contributed by atoms with E-state index in [0.717, 1.165) is 0 Å². The fraction of sp³-hybridized carbons (Fsp3) is 0.500. The maximum atomic E-state index is 10.2. The first-order valence-electron chi connectivity index (χ1n) is 1.76. The zero-order chi connectivity index (χ0) is 5.86. The van der Waals surface area contributed by atoms with Gasteiger partial charge in [-0.25, -0.2) is 0 Å². The molecular formula is C4H6BrLiO2. The summed E-state index contributed by atoms with van der Waals surface area (Å²) in [7, 11) is 1.34. The van der Waals surface area contributed by atoms with Gasteiger partial charge in [0.1, 0.15) is 0 Å². The van der Waals surface area contributed by atoms with Crippen LogP contribution in [0.5, 0.6) is 0 Å². The van der Waals surface area contributed by atoms with E-state index in [1.807, 2.05) is 0 Å². The van der Waals surface area contributed by atoms with Crippen LogP contribution >= 0.6 is 15.9 Å². The second-order valence-corrected chi connectivity index (χ2v) is 2.21. The van der Waals surface area contributed by atoms with Crippen molar-refractivity contribution in [3.05, 3.63) is 10.4 Å². The van der Waals surface area contributed by atoms with Crippen LogP contribution in [0.25, 0.3) is 0 Å². The fourth-order valence-electron chi connectivity index (χ4n) is 0.141. The molecule has 0 fully saturated rings. The molecule has 0 saturated carbocycles. The van der Waals surface area contributed by atoms with Gasteiger partial charge in [0.2, 0.25) is 0 Å². The van der Waals surface area contributed by atoms with E-state index < -0.39 is 0 Å². The molecule has 0 amide bonds. The van der Waals surface area contributed by atoms with E-state index in [4.69, 9.17) is 0 Å². The van der Waals surface area contributed by atoms with E-state index in [-0.39, 0.29) is 24.8 Å². The molecular weight excluding hydrogens is 167 g/mol. The number of halogens is 1. The molecule has 0 heterocycles.